The molecule has 1 fully saturated rings. The molecule has 0 spiro atoms. The van der Waals surface area contributed by atoms with Crippen LogP contribution in [0.5, 0.6) is 0 Å². The molecule has 0 radical (unpaired) electrons. The molecular weight excluding hydrogens is 388 g/mol. The van der Waals surface area contributed by atoms with E-state index in [1.54, 1.807) is 17.7 Å². The number of halogens is 1. The van der Waals surface area contributed by atoms with Gasteiger partial charge in [-0.3, -0.25) is 4.57 Å². The molecule has 0 N–H and O–H groups in total. The number of hydrogen-bond donors (Lipinski definition) is 0. The fourth-order valence-corrected chi connectivity index (χ4v) is 4.29. The molecule has 1 aliphatic rings. The first-order valence-corrected chi connectivity index (χ1v) is 10.2. The van der Waals surface area contributed by atoms with E-state index in [1.807, 2.05) is 24.3 Å². The van der Waals surface area contributed by atoms with E-state index in [0.717, 1.165) is 53.8 Å². The summed E-state index contributed by atoms with van der Waals surface area (Å²) < 4.78 is 7.57. The van der Waals surface area contributed by atoms with Gasteiger partial charge in [0.25, 0.3) is 0 Å². The monoisotopic (exact) mass is 408 g/mol. The van der Waals surface area contributed by atoms with Gasteiger partial charge in [0.05, 0.1) is 5.52 Å². The van der Waals surface area contributed by atoms with Crippen molar-refractivity contribution in [2.45, 2.75) is 25.7 Å². The highest BCUT2D eigenvalue weighted by atomic mass is 35.5. The Labute approximate surface area is 172 Å². The van der Waals surface area contributed by atoms with E-state index in [2.05, 4.69) is 22.9 Å². The minimum Gasteiger partial charge on any atom is -0.440 e. The molecule has 7 heteroatoms. The third-order valence-electron chi connectivity index (χ3n) is 5.75. The van der Waals surface area contributed by atoms with Crippen molar-refractivity contribution in [2.24, 2.45) is 7.05 Å². The molecule has 2 aromatic carbocycles. The van der Waals surface area contributed by atoms with Gasteiger partial charge in [-0.2, -0.15) is 4.98 Å². The molecule has 6 nitrogen and oxygen atoms in total. The third-order valence-corrected chi connectivity index (χ3v) is 5.99. The lowest BCUT2D eigenvalue weighted by atomic mass is 9.96. The number of benzene rings is 2. The Morgan fingerprint density at radius 3 is 2.69 bits per heavy atom. The summed E-state index contributed by atoms with van der Waals surface area (Å²) in [5, 5.41) is 1.53. The number of aromatic nitrogens is 3. The van der Waals surface area contributed by atoms with Crippen molar-refractivity contribution >= 4 is 39.4 Å². The highest BCUT2D eigenvalue weighted by Gasteiger charge is 2.27. The van der Waals surface area contributed by atoms with Gasteiger partial charge in [-0.05, 0) is 55.7 Å². The summed E-state index contributed by atoms with van der Waals surface area (Å²) in [5.74, 6) is 1.77. The molecule has 29 heavy (non-hydrogen) atoms. The molecule has 4 aromatic rings. The Morgan fingerprint density at radius 1 is 1.10 bits per heavy atom. The maximum Gasteiger partial charge on any atom is 0.349 e. The molecule has 1 saturated heterocycles. The van der Waals surface area contributed by atoms with Gasteiger partial charge in [-0.1, -0.05) is 17.7 Å². The molecule has 0 amide bonds. The first-order valence-electron chi connectivity index (χ1n) is 9.78. The van der Waals surface area contributed by atoms with Crippen LogP contribution in [0.15, 0.2) is 45.6 Å². The normalized spacial score (nSPS) is 15.5. The quantitative estimate of drug-likeness (QED) is 0.491. The van der Waals surface area contributed by atoms with E-state index < -0.39 is 0 Å². The SMILES string of the molecule is Cc1ccc2oc(C3CCN(c4nc(=O)n(C)c5ccc(Cl)cc45)CC3)nc2c1. The highest BCUT2D eigenvalue weighted by Crippen LogP contribution is 2.34. The molecule has 2 aromatic heterocycles. The van der Waals surface area contributed by atoms with Crippen LogP contribution in [0.1, 0.15) is 30.2 Å². The minimum atomic E-state index is -0.258. The molecular formula is C22H21ClN4O2. The topological polar surface area (TPSA) is 64.2 Å². The molecule has 0 saturated carbocycles. The average Bonchev–Trinajstić information content (AvgIpc) is 3.14. The standard InChI is InChI=1S/C22H21ClN4O2/c1-13-3-6-19-17(11-13)24-21(29-19)14-7-9-27(10-8-14)20-16-12-15(23)4-5-18(16)26(2)22(28)25-20/h3-6,11-12,14H,7-10H2,1-2H3. The van der Waals surface area contributed by atoms with E-state index in [9.17, 15) is 4.79 Å². The van der Waals surface area contributed by atoms with Crippen molar-refractivity contribution in [1.82, 2.24) is 14.5 Å². The Bertz CT molecular complexity index is 1290. The first-order chi connectivity index (χ1) is 14.0. The summed E-state index contributed by atoms with van der Waals surface area (Å²) in [6.45, 7) is 3.62. The number of anilines is 1. The predicted molar refractivity (Wildman–Crippen MR) is 115 cm³/mol. The lowest BCUT2D eigenvalue weighted by molar-refractivity contribution is 0.406. The third kappa shape index (κ3) is 3.17. The molecule has 3 heterocycles. The smallest absolute Gasteiger partial charge is 0.349 e. The van der Waals surface area contributed by atoms with Gasteiger partial charge in [-0.25, -0.2) is 9.78 Å². The number of rotatable bonds is 2. The van der Waals surface area contributed by atoms with Gasteiger partial charge in [0, 0.05) is 36.5 Å². The first kappa shape index (κ1) is 18.2. The maximum absolute atomic E-state index is 12.4. The van der Waals surface area contributed by atoms with Crippen molar-refractivity contribution in [3.63, 3.8) is 0 Å². The largest absolute Gasteiger partial charge is 0.440 e. The Kier molecular flexibility index (Phi) is 4.32. The number of nitrogens with zero attached hydrogens (tertiary/aromatic N) is 4. The zero-order valence-electron chi connectivity index (χ0n) is 16.4. The number of fused-ring (bicyclic) bond motifs is 2. The van der Waals surface area contributed by atoms with Crippen molar-refractivity contribution in [3.05, 3.63) is 63.4 Å². The van der Waals surface area contributed by atoms with Crippen LogP contribution in [0.4, 0.5) is 5.82 Å². The summed E-state index contributed by atoms with van der Waals surface area (Å²) in [7, 11) is 1.73. The van der Waals surface area contributed by atoms with Crippen LogP contribution in [0.3, 0.4) is 0 Å². The summed E-state index contributed by atoms with van der Waals surface area (Å²) >= 11 is 6.22. The molecule has 1 aliphatic heterocycles. The van der Waals surface area contributed by atoms with Crippen LogP contribution >= 0.6 is 11.6 Å². The summed E-state index contributed by atoms with van der Waals surface area (Å²) in [6.07, 6.45) is 1.79. The fraction of sp³-hybridized carbons (Fsp3) is 0.318. The van der Waals surface area contributed by atoms with Crippen LogP contribution in [0.25, 0.3) is 22.0 Å². The number of piperidine rings is 1. The molecule has 0 bridgehead atoms. The average molecular weight is 409 g/mol. The molecule has 0 aliphatic carbocycles. The van der Waals surface area contributed by atoms with Gasteiger partial charge in [0.2, 0.25) is 0 Å². The van der Waals surface area contributed by atoms with Crippen LogP contribution in [-0.2, 0) is 7.05 Å². The van der Waals surface area contributed by atoms with Crippen molar-refractivity contribution in [3.8, 4) is 0 Å². The van der Waals surface area contributed by atoms with E-state index >= 15 is 0 Å². The minimum absolute atomic E-state index is 0.258. The second-order valence-electron chi connectivity index (χ2n) is 7.72. The summed E-state index contributed by atoms with van der Waals surface area (Å²) in [6, 6.07) is 11.6. The van der Waals surface area contributed by atoms with E-state index in [1.165, 1.54) is 5.56 Å². The van der Waals surface area contributed by atoms with Crippen LogP contribution < -0.4 is 10.6 Å². The van der Waals surface area contributed by atoms with Gasteiger partial charge in [0.1, 0.15) is 11.3 Å². The predicted octanol–water partition coefficient (Wildman–Crippen LogP) is 4.42. The van der Waals surface area contributed by atoms with Gasteiger partial charge >= 0.3 is 5.69 Å². The van der Waals surface area contributed by atoms with Gasteiger partial charge in [-0.15, -0.1) is 0 Å². The second kappa shape index (κ2) is 6.88. The fourth-order valence-electron chi connectivity index (χ4n) is 4.12. The lowest BCUT2D eigenvalue weighted by Gasteiger charge is -2.32. The lowest BCUT2D eigenvalue weighted by Crippen LogP contribution is -2.36. The second-order valence-corrected chi connectivity index (χ2v) is 8.16. The Balaban J connectivity index is 1.44. The molecule has 0 unspecified atom stereocenters. The van der Waals surface area contributed by atoms with E-state index in [0.29, 0.717) is 10.8 Å². The van der Waals surface area contributed by atoms with Crippen LogP contribution in [-0.4, -0.2) is 27.6 Å². The zero-order valence-corrected chi connectivity index (χ0v) is 17.1. The number of aryl methyl sites for hydroxylation is 2. The van der Waals surface area contributed by atoms with Crippen LogP contribution in [0, 0.1) is 6.92 Å². The van der Waals surface area contributed by atoms with Crippen molar-refractivity contribution in [2.75, 3.05) is 18.0 Å². The zero-order chi connectivity index (χ0) is 20.1. The van der Waals surface area contributed by atoms with Gasteiger partial charge < -0.3 is 9.32 Å². The Hall–Kier alpha value is -2.86. The van der Waals surface area contributed by atoms with Crippen molar-refractivity contribution in [1.29, 1.82) is 0 Å². The summed E-state index contributed by atoms with van der Waals surface area (Å²) in [5.41, 5.74) is 3.50. The number of oxazole rings is 1. The van der Waals surface area contributed by atoms with E-state index in [-0.39, 0.29) is 11.6 Å². The molecule has 0 atom stereocenters. The van der Waals surface area contributed by atoms with Crippen LogP contribution in [0.2, 0.25) is 5.02 Å². The molecule has 5 rings (SSSR count). The molecule has 148 valence electrons. The van der Waals surface area contributed by atoms with E-state index in [4.69, 9.17) is 21.0 Å². The highest BCUT2D eigenvalue weighted by molar-refractivity contribution is 6.31. The summed E-state index contributed by atoms with van der Waals surface area (Å²) in [4.78, 5) is 23.6. The maximum atomic E-state index is 12.4. The Morgan fingerprint density at radius 2 is 1.90 bits per heavy atom. The van der Waals surface area contributed by atoms with Gasteiger partial charge in [0.15, 0.2) is 11.5 Å². The number of hydrogen-bond acceptors (Lipinski definition) is 5. The van der Waals surface area contributed by atoms with Crippen molar-refractivity contribution < 1.29 is 4.42 Å².